The van der Waals surface area contributed by atoms with Crippen LogP contribution >= 0.6 is 0 Å². The third kappa shape index (κ3) is 3.30. The van der Waals surface area contributed by atoms with Crippen LogP contribution in [0.15, 0.2) is 71.7 Å². The highest BCUT2D eigenvalue weighted by Gasteiger charge is 2.19. The average Bonchev–Trinajstić information content (AvgIpc) is 3.20. The van der Waals surface area contributed by atoms with Crippen LogP contribution in [0, 0.1) is 0 Å². The Kier molecular flexibility index (Phi) is 5.12. The summed E-state index contributed by atoms with van der Waals surface area (Å²) in [5.74, 6) is 0.727. The second-order valence-corrected chi connectivity index (χ2v) is 7.35. The van der Waals surface area contributed by atoms with Crippen molar-refractivity contribution in [2.75, 3.05) is 14.2 Å². The Labute approximate surface area is 183 Å². The summed E-state index contributed by atoms with van der Waals surface area (Å²) >= 11 is 0. The predicted octanol–water partition coefficient (Wildman–Crippen LogP) is 3.31. The highest BCUT2D eigenvalue weighted by Crippen LogP contribution is 2.29. The summed E-state index contributed by atoms with van der Waals surface area (Å²) in [6, 6.07) is 19.3. The van der Waals surface area contributed by atoms with Crippen molar-refractivity contribution in [3.05, 3.63) is 88.5 Å². The number of hydrogen-bond acceptors (Lipinski definition) is 6. The highest BCUT2D eigenvalue weighted by molar-refractivity contribution is 5.84. The van der Waals surface area contributed by atoms with Crippen LogP contribution in [0.3, 0.4) is 0 Å². The standard InChI is InChI=1S/C24H21N5O3/c1-31-15-18-21(16-8-4-3-5-9-16)23-26-25-22-19(29(23)27-18)12-13-28(24(22)30)14-17-10-6-7-11-20(17)32-2/h3-13H,14-15H2,1-2H3. The number of hydrogen-bond donors (Lipinski definition) is 0. The van der Waals surface area contributed by atoms with Gasteiger partial charge in [0, 0.05) is 18.9 Å². The van der Waals surface area contributed by atoms with Gasteiger partial charge < -0.3 is 14.0 Å². The first-order valence-corrected chi connectivity index (χ1v) is 10.1. The van der Waals surface area contributed by atoms with Crippen LogP contribution in [0.1, 0.15) is 11.3 Å². The molecule has 8 heteroatoms. The Hall–Kier alpha value is -4.04. The van der Waals surface area contributed by atoms with Gasteiger partial charge in [0.1, 0.15) is 11.3 Å². The lowest BCUT2D eigenvalue weighted by Crippen LogP contribution is -2.22. The Morgan fingerprint density at radius 3 is 2.50 bits per heavy atom. The molecule has 8 nitrogen and oxygen atoms in total. The second kappa shape index (κ2) is 8.24. The number of fused-ring (bicyclic) bond motifs is 3. The molecule has 0 atom stereocenters. The smallest absolute Gasteiger partial charge is 0.280 e. The van der Waals surface area contributed by atoms with Gasteiger partial charge >= 0.3 is 0 Å². The fraction of sp³-hybridized carbons (Fsp3) is 0.167. The van der Waals surface area contributed by atoms with E-state index < -0.39 is 0 Å². The molecule has 0 unspecified atom stereocenters. The number of pyridine rings is 1. The van der Waals surface area contributed by atoms with Crippen LogP contribution in [0.5, 0.6) is 5.75 Å². The molecule has 0 saturated carbocycles. The molecule has 0 amide bonds. The van der Waals surface area contributed by atoms with Gasteiger partial charge in [0.05, 0.1) is 31.5 Å². The number of ether oxygens (including phenoxy) is 2. The summed E-state index contributed by atoms with van der Waals surface area (Å²) in [5, 5.41) is 13.4. The predicted molar refractivity (Wildman–Crippen MR) is 121 cm³/mol. The number of para-hydroxylation sites is 1. The molecule has 0 bridgehead atoms. The fourth-order valence-electron chi connectivity index (χ4n) is 3.91. The molecule has 160 valence electrons. The molecule has 0 fully saturated rings. The SMILES string of the molecule is COCc1nn2c(nnc3c(=O)n(Cc4ccccc4OC)ccc32)c1-c1ccccc1. The summed E-state index contributed by atoms with van der Waals surface area (Å²) in [6.45, 7) is 0.682. The van der Waals surface area contributed by atoms with E-state index in [1.807, 2.05) is 60.7 Å². The first kappa shape index (κ1) is 19.9. The van der Waals surface area contributed by atoms with Crippen LogP contribution in [-0.2, 0) is 17.9 Å². The van der Waals surface area contributed by atoms with Crippen LogP contribution < -0.4 is 10.3 Å². The van der Waals surface area contributed by atoms with Gasteiger partial charge in [0.15, 0.2) is 11.2 Å². The molecule has 3 heterocycles. The quantitative estimate of drug-likeness (QED) is 0.413. The Balaban J connectivity index is 1.68. The largest absolute Gasteiger partial charge is 0.496 e. The summed E-state index contributed by atoms with van der Waals surface area (Å²) in [4.78, 5) is 13.2. The maximum absolute atomic E-state index is 13.2. The van der Waals surface area contributed by atoms with Crippen molar-refractivity contribution in [3.8, 4) is 16.9 Å². The molecular formula is C24H21N5O3. The molecular weight excluding hydrogens is 406 g/mol. The fourth-order valence-corrected chi connectivity index (χ4v) is 3.91. The van der Waals surface area contributed by atoms with Crippen molar-refractivity contribution < 1.29 is 9.47 Å². The van der Waals surface area contributed by atoms with Crippen molar-refractivity contribution >= 4 is 16.7 Å². The number of nitrogens with zero attached hydrogens (tertiary/aromatic N) is 5. The molecule has 0 aliphatic rings. The number of benzene rings is 2. The van der Waals surface area contributed by atoms with E-state index in [-0.39, 0.29) is 11.1 Å². The molecule has 0 saturated heterocycles. The van der Waals surface area contributed by atoms with Crippen molar-refractivity contribution in [2.45, 2.75) is 13.2 Å². The van der Waals surface area contributed by atoms with Gasteiger partial charge in [-0.05, 0) is 17.7 Å². The van der Waals surface area contributed by atoms with Gasteiger partial charge in [0.2, 0.25) is 0 Å². The van der Waals surface area contributed by atoms with E-state index in [4.69, 9.17) is 14.6 Å². The van der Waals surface area contributed by atoms with Gasteiger partial charge in [-0.3, -0.25) is 4.79 Å². The van der Waals surface area contributed by atoms with Gasteiger partial charge in [0.25, 0.3) is 5.56 Å². The zero-order chi connectivity index (χ0) is 22.1. The molecule has 0 aliphatic carbocycles. The van der Waals surface area contributed by atoms with Crippen molar-refractivity contribution in [2.24, 2.45) is 0 Å². The van der Waals surface area contributed by atoms with Gasteiger partial charge in [-0.1, -0.05) is 48.5 Å². The lowest BCUT2D eigenvalue weighted by molar-refractivity contribution is 0.181. The minimum absolute atomic E-state index is 0.243. The summed E-state index contributed by atoms with van der Waals surface area (Å²) in [5.41, 5.74) is 4.63. The van der Waals surface area contributed by atoms with Crippen molar-refractivity contribution in [3.63, 3.8) is 0 Å². The molecule has 5 rings (SSSR count). The van der Waals surface area contributed by atoms with E-state index in [2.05, 4.69) is 10.2 Å². The molecule has 0 aliphatic heterocycles. The zero-order valence-corrected chi connectivity index (χ0v) is 17.7. The molecule has 5 aromatic rings. The topological polar surface area (TPSA) is 83.5 Å². The third-order valence-electron chi connectivity index (χ3n) is 5.40. The lowest BCUT2D eigenvalue weighted by atomic mass is 10.1. The van der Waals surface area contributed by atoms with E-state index in [0.29, 0.717) is 24.3 Å². The Morgan fingerprint density at radius 1 is 0.938 bits per heavy atom. The second-order valence-electron chi connectivity index (χ2n) is 7.35. The minimum atomic E-state index is -0.243. The van der Waals surface area contributed by atoms with Crippen LogP contribution in [0.4, 0.5) is 0 Å². The maximum atomic E-state index is 13.2. The van der Waals surface area contributed by atoms with E-state index in [0.717, 1.165) is 28.1 Å². The number of aromatic nitrogens is 5. The van der Waals surface area contributed by atoms with Crippen molar-refractivity contribution in [1.29, 1.82) is 0 Å². The Bertz CT molecular complexity index is 1470. The zero-order valence-electron chi connectivity index (χ0n) is 17.7. The third-order valence-corrected chi connectivity index (χ3v) is 5.40. The molecule has 32 heavy (non-hydrogen) atoms. The van der Waals surface area contributed by atoms with E-state index in [1.165, 1.54) is 0 Å². The first-order valence-electron chi connectivity index (χ1n) is 10.1. The molecule has 0 spiro atoms. The normalized spacial score (nSPS) is 11.3. The van der Waals surface area contributed by atoms with Gasteiger partial charge in [-0.2, -0.15) is 5.10 Å². The van der Waals surface area contributed by atoms with Gasteiger partial charge in [-0.25, -0.2) is 4.52 Å². The van der Waals surface area contributed by atoms with Gasteiger partial charge in [-0.15, -0.1) is 10.2 Å². The van der Waals surface area contributed by atoms with Crippen molar-refractivity contribution in [1.82, 2.24) is 24.4 Å². The number of rotatable bonds is 6. The van der Waals surface area contributed by atoms with E-state index in [1.54, 1.807) is 29.5 Å². The number of methoxy groups -OCH3 is 2. The maximum Gasteiger partial charge on any atom is 0.280 e. The van der Waals surface area contributed by atoms with E-state index in [9.17, 15) is 4.79 Å². The van der Waals surface area contributed by atoms with Crippen LogP contribution in [0.25, 0.3) is 27.8 Å². The summed E-state index contributed by atoms with van der Waals surface area (Å²) in [6.07, 6.45) is 1.75. The molecule has 2 aromatic carbocycles. The molecule has 3 aromatic heterocycles. The molecule has 0 N–H and O–H groups in total. The van der Waals surface area contributed by atoms with Crippen LogP contribution in [0.2, 0.25) is 0 Å². The average molecular weight is 427 g/mol. The molecule has 0 radical (unpaired) electrons. The van der Waals surface area contributed by atoms with Crippen LogP contribution in [-0.4, -0.2) is 38.6 Å². The summed E-state index contributed by atoms with van der Waals surface area (Å²) < 4.78 is 14.0. The van der Waals surface area contributed by atoms with E-state index >= 15 is 0 Å². The Morgan fingerprint density at radius 2 is 1.72 bits per heavy atom. The monoisotopic (exact) mass is 427 g/mol. The lowest BCUT2D eigenvalue weighted by Gasteiger charge is -2.11. The minimum Gasteiger partial charge on any atom is -0.496 e. The highest BCUT2D eigenvalue weighted by atomic mass is 16.5. The first-order chi connectivity index (χ1) is 15.7. The summed E-state index contributed by atoms with van der Waals surface area (Å²) in [7, 11) is 3.24.